The van der Waals surface area contributed by atoms with Crippen LogP contribution >= 0.6 is 0 Å². The molecule has 6 nitrogen and oxygen atoms in total. The summed E-state index contributed by atoms with van der Waals surface area (Å²) in [7, 11) is 2.66. The maximum absolute atomic E-state index is 12.3. The number of benzene rings is 1. The second-order valence-electron chi connectivity index (χ2n) is 5.82. The zero-order chi connectivity index (χ0) is 17.2. The van der Waals surface area contributed by atoms with Gasteiger partial charge in [-0.25, -0.2) is 4.79 Å². The van der Waals surface area contributed by atoms with E-state index in [2.05, 4.69) is 5.32 Å². The van der Waals surface area contributed by atoms with Crippen LogP contribution in [0.5, 0.6) is 0 Å². The summed E-state index contributed by atoms with van der Waals surface area (Å²) < 4.78 is 9.75. The van der Waals surface area contributed by atoms with Gasteiger partial charge in [0.25, 0.3) is 0 Å². The molecule has 3 N–H and O–H groups in total. The normalized spacial score (nSPS) is 23.9. The number of carbonyl (C=O) groups excluding carboxylic acids is 2. The van der Waals surface area contributed by atoms with Gasteiger partial charge in [-0.05, 0) is 38.0 Å². The van der Waals surface area contributed by atoms with E-state index in [1.54, 1.807) is 19.1 Å². The summed E-state index contributed by atoms with van der Waals surface area (Å²) in [5, 5.41) is 3.30. The van der Waals surface area contributed by atoms with Crippen LogP contribution in [-0.4, -0.2) is 26.2 Å². The summed E-state index contributed by atoms with van der Waals surface area (Å²) >= 11 is 0. The van der Waals surface area contributed by atoms with Crippen molar-refractivity contribution in [2.75, 3.05) is 20.0 Å². The van der Waals surface area contributed by atoms with E-state index in [0.29, 0.717) is 17.0 Å². The Morgan fingerprint density at radius 1 is 1.22 bits per heavy atom. The molecule has 2 rings (SSSR count). The number of carbonyl (C=O) groups is 2. The molecule has 0 radical (unpaired) electrons. The molecule has 0 saturated carbocycles. The van der Waals surface area contributed by atoms with Gasteiger partial charge >= 0.3 is 11.9 Å². The highest BCUT2D eigenvalue weighted by Gasteiger charge is 2.46. The third-order valence-electron chi connectivity index (χ3n) is 4.43. The maximum Gasteiger partial charge on any atom is 0.335 e. The molecule has 2 unspecified atom stereocenters. The number of esters is 2. The fourth-order valence-corrected chi connectivity index (χ4v) is 3.04. The fourth-order valence-electron chi connectivity index (χ4n) is 3.04. The summed E-state index contributed by atoms with van der Waals surface area (Å²) in [6.07, 6.45) is 0.249. The van der Waals surface area contributed by atoms with Crippen molar-refractivity contribution in [2.45, 2.75) is 25.8 Å². The quantitative estimate of drug-likeness (QED) is 0.651. The number of ether oxygens (including phenoxy) is 2. The number of nitrogens with two attached hydrogens (primary N) is 1. The smallest absolute Gasteiger partial charge is 0.335 e. The first-order chi connectivity index (χ1) is 10.8. The Labute approximate surface area is 135 Å². The Morgan fingerprint density at radius 2 is 1.83 bits per heavy atom. The van der Waals surface area contributed by atoms with Crippen LogP contribution in [0.2, 0.25) is 0 Å². The van der Waals surface area contributed by atoms with Gasteiger partial charge in [-0.2, -0.15) is 0 Å². The molecule has 1 aliphatic rings. The van der Waals surface area contributed by atoms with Crippen molar-refractivity contribution < 1.29 is 19.1 Å². The zero-order valence-electron chi connectivity index (χ0n) is 13.8. The highest BCUT2D eigenvalue weighted by atomic mass is 16.5. The number of rotatable bonds is 3. The predicted molar refractivity (Wildman–Crippen MR) is 86.2 cm³/mol. The lowest BCUT2D eigenvalue weighted by atomic mass is 9.73. The molecule has 1 aliphatic heterocycles. The summed E-state index contributed by atoms with van der Waals surface area (Å²) in [6, 6.07) is 7.31. The number of hydrogen-bond donors (Lipinski definition) is 2. The van der Waals surface area contributed by atoms with Gasteiger partial charge in [-0.3, -0.25) is 4.79 Å². The van der Waals surface area contributed by atoms with Gasteiger partial charge in [-0.15, -0.1) is 0 Å². The molecule has 124 valence electrons. The molecule has 23 heavy (non-hydrogen) atoms. The van der Waals surface area contributed by atoms with Crippen molar-refractivity contribution >= 4 is 17.6 Å². The van der Waals surface area contributed by atoms with Crippen LogP contribution < -0.4 is 11.1 Å². The number of hydrogen-bond acceptors (Lipinski definition) is 6. The van der Waals surface area contributed by atoms with E-state index in [4.69, 9.17) is 15.2 Å². The first kappa shape index (κ1) is 16.9. The second kappa shape index (κ2) is 6.32. The standard InChI is InChI=1S/C17H22N2O4/c1-10-13(15(20)22-3)9-14(16(21)23-4)17(2,19-10)11-5-7-12(18)8-6-11/h5-8,14,19H,9,18H2,1-4H3. The van der Waals surface area contributed by atoms with Crippen molar-refractivity contribution in [1.29, 1.82) is 0 Å². The van der Waals surface area contributed by atoms with Crippen LogP contribution in [0.15, 0.2) is 35.5 Å². The molecule has 6 heteroatoms. The third kappa shape index (κ3) is 3.02. The number of allylic oxidation sites excluding steroid dienone is 1. The molecule has 1 aromatic carbocycles. The van der Waals surface area contributed by atoms with E-state index in [-0.39, 0.29) is 12.4 Å². The lowest BCUT2D eigenvalue weighted by Gasteiger charge is -2.42. The molecule has 1 heterocycles. The highest BCUT2D eigenvalue weighted by molar-refractivity contribution is 5.91. The van der Waals surface area contributed by atoms with Gasteiger partial charge < -0.3 is 20.5 Å². The van der Waals surface area contributed by atoms with E-state index in [1.807, 2.05) is 19.1 Å². The van der Waals surface area contributed by atoms with E-state index in [0.717, 1.165) is 5.56 Å². The minimum atomic E-state index is -0.706. The van der Waals surface area contributed by atoms with E-state index >= 15 is 0 Å². The minimum absolute atomic E-state index is 0.249. The number of nitrogen functional groups attached to an aromatic ring is 1. The molecule has 1 aromatic rings. The Balaban J connectivity index is 2.51. The van der Waals surface area contributed by atoms with Crippen molar-refractivity contribution in [3.63, 3.8) is 0 Å². The van der Waals surface area contributed by atoms with Crippen LogP contribution in [0.25, 0.3) is 0 Å². The molecular weight excluding hydrogens is 296 g/mol. The van der Waals surface area contributed by atoms with Gasteiger partial charge in [-0.1, -0.05) is 12.1 Å². The fraction of sp³-hybridized carbons (Fsp3) is 0.412. The summed E-state index contributed by atoms with van der Waals surface area (Å²) in [6.45, 7) is 3.72. The number of methoxy groups -OCH3 is 2. The van der Waals surface area contributed by atoms with Gasteiger partial charge in [0, 0.05) is 11.4 Å². The summed E-state index contributed by atoms with van der Waals surface area (Å²) in [5.74, 6) is -1.39. The molecule has 0 saturated heterocycles. The number of nitrogens with one attached hydrogen (secondary N) is 1. The lowest BCUT2D eigenvalue weighted by Crippen LogP contribution is -2.52. The Bertz CT molecular complexity index is 651. The molecule has 0 amide bonds. The average molecular weight is 318 g/mol. The van der Waals surface area contributed by atoms with Crippen LogP contribution in [0.3, 0.4) is 0 Å². The topological polar surface area (TPSA) is 90.6 Å². The third-order valence-corrected chi connectivity index (χ3v) is 4.43. The predicted octanol–water partition coefficient (Wildman–Crippen LogP) is 1.71. The Hall–Kier alpha value is -2.50. The SMILES string of the molecule is COC(=O)C1=C(C)NC(C)(c2ccc(N)cc2)C(C(=O)OC)C1. The monoisotopic (exact) mass is 318 g/mol. The molecule has 0 bridgehead atoms. The van der Waals surface area contributed by atoms with Gasteiger partial charge in [0.2, 0.25) is 0 Å². The van der Waals surface area contributed by atoms with Crippen molar-refractivity contribution in [1.82, 2.24) is 5.32 Å². The molecule has 0 aliphatic carbocycles. The van der Waals surface area contributed by atoms with E-state index in [9.17, 15) is 9.59 Å². The summed E-state index contributed by atoms with van der Waals surface area (Å²) in [4.78, 5) is 24.3. The zero-order valence-corrected chi connectivity index (χ0v) is 13.8. The van der Waals surface area contributed by atoms with Crippen LogP contribution in [0.1, 0.15) is 25.8 Å². The van der Waals surface area contributed by atoms with Crippen molar-refractivity contribution in [3.05, 3.63) is 41.1 Å². The molecule has 2 atom stereocenters. The van der Waals surface area contributed by atoms with Crippen LogP contribution in [0.4, 0.5) is 5.69 Å². The lowest BCUT2D eigenvalue weighted by molar-refractivity contribution is -0.149. The maximum atomic E-state index is 12.3. The van der Waals surface area contributed by atoms with Crippen molar-refractivity contribution in [3.8, 4) is 0 Å². The van der Waals surface area contributed by atoms with Gasteiger partial charge in [0.1, 0.15) is 0 Å². The summed E-state index contributed by atoms with van der Waals surface area (Å²) in [5.41, 5.74) is 7.72. The number of anilines is 1. The first-order valence-electron chi connectivity index (χ1n) is 7.33. The van der Waals surface area contributed by atoms with Crippen LogP contribution in [0, 0.1) is 5.92 Å². The average Bonchev–Trinajstić information content (AvgIpc) is 2.54. The highest BCUT2D eigenvalue weighted by Crippen LogP contribution is 2.40. The van der Waals surface area contributed by atoms with Crippen LogP contribution in [-0.2, 0) is 24.6 Å². The molecule has 0 spiro atoms. The van der Waals surface area contributed by atoms with Gasteiger partial charge in [0.05, 0.1) is 31.2 Å². The van der Waals surface area contributed by atoms with E-state index in [1.165, 1.54) is 14.2 Å². The second-order valence-corrected chi connectivity index (χ2v) is 5.82. The van der Waals surface area contributed by atoms with Crippen molar-refractivity contribution in [2.24, 2.45) is 5.92 Å². The largest absolute Gasteiger partial charge is 0.469 e. The van der Waals surface area contributed by atoms with Gasteiger partial charge in [0.15, 0.2) is 0 Å². The Kier molecular flexibility index (Phi) is 4.63. The van der Waals surface area contributed by atoms with E-state index < -0.39 is 17.4 Å². The molecular formula is C17H22N2O4. The minimum Gasteiger partial charge on any atom is -0.469 e. The first-order valence-corrected chi connectivity index (χ1v) is 7.33. The molecule has 0 fully saturated rings. The molecule has 0 aromatic heterocycles. The Morgan fingerprint density at radius 3 is 2.35 bits per heavy atom.